The monoisotopic (exact) mass is 346 g/mol. The molecule has 2 N–H and O–H groups in total. The highest BCUT2D eigenvalue weighted by atomic mass is 127. The Morgan fingerprint density at radius 1 is 1.59 bits per heavy atom. The zero-order valence-electron chi connectivity index (χ0n) is 9.63. The van der Waals surface area contributed by atoms with Crippen molar-refractivity contribution in [2.45, 2.75) is 12.5 Å². The topological polar surface area (TPSA) is 50.4 Å². The first kappa shape index (κ1) is 12.6. The number of nitrogens with one attached hydrogen (secondary N) is 2. The molecule has 0 saturated carbocycles. The Balaban J connectivity index is 2.22. The quantitative estimate of drug-likeness (QED) is 0.814. The van der Waals surface area contributed by atoms with E-state index in [9.17, 15) is 4.79 Å². The van der Waals surface area contributed by atoms with Crippen molar-refractivity contribution in [3.05, 3.63) is 27.3 Å². The maximum Gasteiger partial charge on any atom is 0.254 e. The van der Waals surface area contributed by atoms with Gasteiger partial charge in [0.2, 0.25) is 0 Å². The molecule has 0 radical (unpaired) electrons. The number of carbonyl (C=O) groups is 1. The predicted molar refractivity (Wildman–Crippen MR) is 74.5 cm³/mol. The van der Waals surface area contributed by atoms with E-state index >= 15 is 0 Å². The fourth-order valence-corrected chi connectivity index (χ4v) is 2.29. The molecule has 1 aliphatic heterocycles. The standard InChI is InChI=1S/C12H15IN2O2/c1-14-12(16)10-3-2-8(13)6-11(10)17-9-4-5-15-7-9/h2-3,6,9,15H,4-5,7H2,1H3,(H,14,16)/t9-/m1/s1. The summed E-state index contributed by atoms with van der Waals surface area (Å²) in [7, 11) is 1.63. The second-order valence-corrected chi connectivity index (χ2v) is 5.20. The highest BCUT2D eigenvalue weighted by molar-refractivity contribution is 14.1. The maximum absolute atomic E-state index is 11.7. The first-order valence-electron chi connectivity index (χ1n) is 5.59. The van der Waals surface area contributed by atoms with E-state index in [2.05, 4.69) is 33.2 Å². The van der Waals surface area contributed by atoms with Crippen LogP contribution in [-0.2, 0) is 0 Å². The van der Waals surface area contributed by atoms with E-state index in [0.717, 1.165) is 23.1 Å². The van der Waals surface area contributed by atoms with Crippen LogP contribution in [0.5, 0.6) is 5.75 Å². The van der Waals surface area contributed by atoms with Crippen LogP contribution < -0.4 is 15.4 Å². The van der Waals surface area contributed by atoms with Crippen molar-refractivity contribution < 1.29 is 9.53 Å². The third kappa shape index (κ3) is 3.10. The normalized spacial score (nSPS) is 19.1. The van der Waals surface area contributed by atoms with Crippen LogP contribution in [0, 0.1) is 3.57 Å². The van der Waals surface area contributed by atoms with Gasteiger partial charge in [0.05, 0.1) is 5.56 Å². The lowest BCUT2D eigenvalue weighted by molar-refractivity contribution is 0.0956. The second-order valence-electron chi connectivity index (χ2n) is 3.95. The van der Waals surface area contributed by atoms with Crippen molar-refractivity contribution in [1.29, 1.82) is 0 Å². The lowest BCUT2D eigenvalue weighted by atomic mass is 10.2. The molecule has 0 spiro atoms. The molecule has 1 aromatic carbocycles. The number of carbonyl (C=O) groups excluding carboxylic acids is 1. The zero-order chi connectivity index (χ0) is 12.3. The summed E-state index contributed by atoms with van der Waals surface area (Å²) >= 11 is 2.22. The lowest BCUT2D eigenvalue weighted by Gasteiger charge is -2.15. The largest absolute Gasteiger partial charge is 0.488 e. The molecule has 1 heterocycles. The van der Waals surface area contributed by atoms with Crippen LogP contribution in [0.2, 0.25) is 0 Å². The maximum atomic E-state index is 11.7. The third-order valence-corrected chi connectivity index (χ3v) is 3.40. The van der Waals surface area contributed by atoms with E-state index in [0.29, 0.717) is 11.3 Å². The van der Waals surface area contributed by atoms with Crippen LogP contribution in [-0.4, -0.2) is 32.1 Å². The molecule has 5 heteroatoms. The molecular formula is C12H15IN2O2. The Kier molecular flexibility index (Phi) is 4.22. The molecule has 0 bridgehead atoms. The number of ether oxygens (including phenoxy) is 1. The summed E-state index contributed by atoms with van der Waals surface area (Å²) in [6.45, 7) is 1.82. The van der Waals surface area contributed by atoms with Crippen LogP contribution in [0.25, 0.3) is 0 Å². The molecular weight excluding hydrogens is 331 g/mol. The summed E-state index contributed by atoms with van der Waals surface area (Å²) in [5, 5.41) is 5.87. The molecule has 1 amide bonds. The van der Waals surface area contributed by atoms with E-state index in [4.69, 9.17) is 4.74 Å². The van der Waals surface area contributed by atoms with Crippen molar-refractivity contribution in [3.8, 4) is 5.75 Å². The van der Waals surface area contributed by atoms with Gasteiger partial charge in [-0.05, 0) is 53.8 Å². The Labute approximate surface area is 114 Å². The zero-order valence-corrected chi connectivity index (χ0v) is 11.8. The van der Waals surface area contributed by atoms with Crippen LogP contribution in [0.4, 0.5) is 0 Å². The lowest BCUT2D eigenvalue weighted by Crippen LogP contribution is -2.23. The molecule has 0 unspecified atom stereocenters. The number of rotatable bonds is 3. The SMILES string of the molecule is CNC(=O)c1ccc(I)cc1O[C@@H]1CCNC1. The fourth-order valence-electron chi connectivity index (χ4n) is 1.82. The first-order chi connectivity index (χ1) is 8.20. The van der Waals surface area contributed by atoms with Crippen molar-refractivity contribution in [2.75, 3.05) is 20.1 Å². The molecule has 0 aromatic heterocycles. The average Bonchev–Trinajstić information content (AvgIpc) is 2.81. The van der Waals surface area contributed by atoms with Gasteiger partial charge in [-0.25, -0.2) is 0 Å². The molecule has 92 valence electrons. The first-order valence-corrected chi connectivity index (χ1v) is 6.67. The number of halogens is 1. The van der Waals surface area contributed by atoms with Crippen LogP contribution in [0.1, 0.15) is 16.8 Å². The highest BCUT2D eigenvalue weighted by Gasteiger charge is 2.19. The molecule has 0 aliphatic carbocycles. The van der Waals surface area contributed by atoms with E-state index in [1.54, 1.807) is 13.1 Å². The molecule has 1 atom stereocenters. The Bertz CT molecular complexity index is 417. The number of amides is 1. The van der Waals surface area contributed by atoms with Crippen LogP contribution >= 0.6 is 22.6 Å². The van der Waals surface area contributed by atoms with Gasteiger partial charge in [-0.3, -0.25) is 4.79 Å². The predicted octanol–water partition coefficient (Wildman–Crippen LogP) is 1.39. The minimum atomic E-state index is -0.109. The van der Waals surface area contributed by atoms with Gasteiger partial charge in [0, 0.05) is 17.2 Å². The minimum Gasteiger partial charge on any atom is -0.488 e. The van der Waals surface area contributed by atoms with Gasteiger partial charge in [-0.1, -0.05) is 0 Å². The molecule has 1 fully saturated rings. The van der Waals surface area contributed by atoms with Gasteiger partial charge < -0.3 is 15.4 Å². The Morgan fingerprint density at radius 3 is 3.06 bits per heavy atom. The molecule has 17 heavy (non-hydrogen) atoms. The van der Waals surface area contributed by atoms with Crippen molar-refractivity contribution in [3.63, 3.8) is 0 Å². The minimum absolute atomic E-state index is 0.109. The average molecular weight is 346 g/mol. The van der Waals surface area contributed by atoms with Gasteiger partial charge in [0.15, 0.2) is 0 Å². The summed E-state index contributed by atoms with van der Waals surface area (Å²) in [5.41, 5.74) is 0.597. The van der Waals surface area contributed by atoms with Crippen LogP contribution in [0.15, 0.2) is 18.2 Å². The van der Waals surface area contributed by atoms with E-state index in [-0.39, 0.29) is 12.0 Å². The number of hydrogen-bond donors (Lipinski definition) is 2. The second kappa shape index (κ2) is 5.68. The van der Waals surface area contributed by atoms with E-state index in [1.807, 2.05) is 12.1 Å². The molecule has 1 saturated heterocycles. The Hall–Kier alpha value is -0.820. The van der Waals surface area contributed by atoms with E-state index < -0.39 is 0 Å². The molecule has 4 nitrogen and oxygen atoms in total. The van der Waals surface area contributed by atoms with Crippen molar-refractivity contribution in [1.82, 2.24) is 10.6 Å². The Morgan fingerprint density at radius 2 is 2.41 bits per heavy atom. The van der Waals surface area contributed by atoms with Gasteiger partial charge >= 0.3 is 0 Å². The third-order valence-electron chi connectivity index (χ3n) is 2.72. The van der Waals surface area contributed by atoms with Crippen molar-refractivity contribution in [2.24, 2.45) is 0 Å². The highest BCUT2D eigenvalue weighted by Crippen LogP contribution is 2.24. The number of benzene rings is 1. The van der Waals surface area contributed by atoms with Gasteiger partial charge in [0.25, 0.3) is 5.91 Å². The summed E-state index contributed by atoms with van der Waals surface area (Å²) in [6.07, 6.45) is 1.15. The smallest absolute Gasteiger partial charge is 0.254 e. The summed E-state index contributed by atoms with van der Waals surface area (Å²) < 4.78 is 6.95. The fraction of sp³-hybridized carbons (Fsp3) is 0.417. The molecule has 2 rings (SSSR count). The summed E-state index contributed by atoms with van der Waals surface area (Å²) in [4.78, 5) is 11.7. The van der Waals surface area contributed by atoms with Crippen LogP contribution in [0.3, 0.4) is 0 Å². The van der Waals surface area contributed by atoms with Gasteiger partial charge in [-0.15, -0.1) is 0 Å². The van der Waals surface area contributed by atoms with Crippen molar-refractivity contribution >= 4 is 28.5 Å². The van der Waals surface area contributed by atoms with E-state index in [1.165, 1.54) is 0 Å². The summed E-state index contributed by atoms with van der Waals surface area (Å²) in [5.74, 6) is 0.562. The number of hydrogen-bond acceptors (Lipinski definition) is 3. The molecule has 1 aliphatic rings. The summed E-state index contributed by atoms with van der Waals surface area (Å²) in [6, 6.07) is 5.62. The molecule has 1 aromatic rings. The van der Waals surface area contributed by atoms with Gasteiger partial charge in [-0.2, -0.15) is 0 Å². The van der Waals surface area contributed by atoms with Gasteiger partial charge in [0.1, 0.15) is 11.9 Å².